The predicted molar refractivity (Wildman–Crippen MR) is 108 cm³/mol. The van der Waals surface area contributed by atoms with Crippen LogP contribution >= 0.6 is 0 Å². The summed E-state index contributed by atoms with van der Waals surface area (Å²) in [6.07, 6.45) is 1.67. The first-order chi connectivity index (χ1) is 12.8. The van der Waals surface area contributed by atoms with Crippen LogP contribution in [0.2, 0.25) is 0 Å². The Balaban J connectivity index is 1.80. The largest absolute Gasteiger partial charge is 0.377 e. The lowest BCUT2D eigenvalue weighted by Gasteiger charge is -2.31. The minimum atomic E-state index is -3.39. The van der Waals surface area contributed by atoms with Crippen LogP contribution in [-0.4, -0.2) is 64.6 Å². The smallest absolute Gasteiger partial charge is 0.243 e. The standard InChI is InChI=1S/C19H32N4O3S/c1-19(2,26-4)15-22-18(20-3)21-14-16-10-12-23(13-11-16)27(24,25)17-8-6-5-7-9-17/h5-9,16H,10-15H2,1-4H3,(H2,20,21,22). The zero-order valence-corrected chi connectivity index (χ0v) is 17.6. The number of nitrogens with zero attached hydrogens (tertiary/aromatic N) is 2. The van der Waals surface area contributed by atoms with Crippen LogP contribution < -0.4 is 10.6 Å². The van der Waals surface area contributed by atoms with Crippen LogP contribution in [-0.2, 0) is 14.8 Å². The minimum Gasteiger partial charge on any atom is -0.377 e. The van der Waals surface area contributed by atoms with E-state index in [2.05, 4.69) is 15.6 Å². The van der Waals surface area contributed by atoms with E-state index in [9.17, 15) is 8.42 Å². The lowest BCUT2D eigenvalue weighted by Crippen LogP contribution is -2.47. The summed E-state index contributed by atoms with van der Waals surface area (Å²) >= 11 is 0. The highest BCUT2D eigenvalue weighted by atomic mass is 32.2. The summed E-state index contributed by atoms with van der Waals surface area (Å²) in [5, 5.41) is 6.60. The highest BCUT2D eigenvalue weighted by Crippen LogP contribution is 2.23. The molecule has 27 heavy (non-hydrogen) atoms. The number of sulfonamides is 1. The van der Waals surface area contributed by atoms with E-state index in [1.165, 1.54) is 0 Å². The molecular formula is C19H32N4O3S. The van der Waals surface area contributed by atoms with Crippen LogP contribution in [0.4, 0.5) is 0 Å². The fraction of sp³-hybridized carbons (Fsp3) is 0.632. The Labute approximate surface area is 163 Å². The van der Waals surface area contributed by atoms with Gasteiger partial charge in [-0.2, -0.15) is 4.31 Å². The molecule has 1 aliphatic heterocycles. The van der Waals surface area contributed by atoms with Gasteiger partial charge in [0.15, 0.2) is 5.96 Å². The van der Waals surface area contributed by atoms with Crippen LogP contribution in [0.3, 0.4) is 0 Å². The summed E-state index contributed by atoms with van der Waals surface area (Å²) in [5.74, 6) is 1.15. The second-order valence-corrected chi connectivity index (χ2v) is 9.37. The van der Waals surface area contributed by atoms with Crippen molar-refractivity contribution in [1.29, 1.82) is 0 Å². The van der Waals surface area contributed by atoms with E-state index in [4.69, 9.17) is 4.74 Å². The highest BCUT2D eigenvalue weighted by Gasteiger charge is 2.29. The van der Waals surface area contributed by atoms with Gasteiger partial charge in [-0.1, -0.05) is 18.2 Å². The molecule has 152 valence electrons. The quantitative estimate of drug-likeness (QED) is 0.541. The van der Waals surface area contributed by atoms with Gasteiger partial charge in [0.25, 0.3) is 0 Å². The van der Waals surface area contributed by atoms with Crippen LogP contribution in [0.5, 0.6) is 0 Å². The second kappa shape index (κ2) is 9.52. The highest BCUT2D eigenvalue weighted by molar-refractivity contribution is 7.89. The summed E-state index contributed by atoms with van der Waals surface area (Å²) in [6.45, 7) is 6.54. The molecule has 1 fully saturated rings. The van der Waals surface area contributed by atoms with Crippen molar-refractivity contribution in [2.45, 2.75) is 37.2 Å². The first-order valence-electron chi connectivity index (χ1n) is 9.33. The van der Waals surface area contributed by atoms with Gasteiger partial charge in [0, 0.05) is 40.3 Å². The van der Waals surface area contributed by atoms with Crippen molar-refractivity contribution < 1.29 is 13.2 Å². The maximum absolute atomic E-state index is 12.7. The molecule has 0 atom stereocenters. The van der Waals surface area contributed by atoms with Crippen molar-refractivity contribution in [2.75, 3.05) is 40.3 Å². The summed E-state index contributed by atoms with van der Waals surface area (Å²) < 4.78 is 32.4. The van der Waals surface area contributed by atoms with Crippen molar-refractivity contribution >= 4 is 16.0 Å². The van der Waals surface area contributed by atoms with Crippen LogP contribution in [0.25, 0.3) is 0 Å². The number of rotatable bonds is 7. The van der Waals surface area contributed by atoms with Gasteiger partial charge >= 0.3 is 0 Å². The van der Waals surface area contributed by atoms with Gasteiger partial charge in [-0.15, -0.1) is 0 Å². The number of nitrogens with one attached hydrogen (secondary N) is 2. The molecule has 0 aliphatic carbocycles. The SMILES string of the molecule is CN=C(NCC1CCN(S(=O)(=O)c2ccccc2)CC1)NCC(C)(C)OC. The fourth-order valence-corrected chi connectivity index (χ4v) is 4.42. The Morgan fingerprint density at radius 2 is 1.85 bits per heavy atom. The third kappa shape index (κ3) is 6.19. The average Bonchev–Trinajstić information content (AvgIpc) is 2.69. The Hall–Kier alpha value is -1.64. The van der Waals surface area contributed by atoms with E-state index in [0.717, 1.165) is 25.3 Å². The Kier molecular flexibility index (Phi) is 7.64. The number of aliphatic imine (C=N–C) groups is 1. The van der Waals surface area contributed by atoms with E-state index in [1.54, 1.807) is 42.7 Å². The Morgan fingerprint density at radius 1 is 1.22 bits per heavy atom. The third-order valence-corrected chi connectivity index (χ3v) is 6.88. The summed E-state index contributed by atoms with van der Waals surface area (Å²) in [6, 6.07) is 8.64. The number of piperidine rings is 1. The van der Waals surface area contributed by atoms with Crippen LogP contribution in [0.1, 0.15) is 26.7 Å². The topological polar surface area (TPSA) is 83.0 Å². The average molecular weight is 397 g/mol. The minimum absolute atomic E-state index is 0.269. The number of hydrogen-bond donors (Lipinski definition) is 2. The molecule has 1 saturated heterocycles. The van der Waals surface area contributed by atoms with Gasteiger partial charge in [-0.05, 0) is 44.7 Å². The molecule has 1 aliphatic rings. The number of methoxy groups -OCH3 is 1. The van der Waals surface area contributed by atoms with E-state index in [-0.39, 0.29) is 5.60 Å². The summed E-state index contributed by atoms with van der Waals surface area (Å²) in [4.78, 5) is 4.60. The summed E-state index contributed by atoms with van der Waals surface area (Å²) in [7, 11) is 0.0435. The Morgan fingerprint density at radius 3 is 2.41 bits per heavy atom. The Bertz CT molecular complexity index is 712. The molecule has 0 amide bonds. The number of hydrogen-bond acceptors (Lipinski definition) is 4. The van der Waals surface area contributed by atoms with E-state index >= 15 is 0 Å². The van der Waals surface area contributed by atoms with Crippen molar-refractivity contribution in [2.24, 2.45) is 10.9 Å². The van der Waals surface area contributed by atoms with Crippen LogP contribution in [0, 0.1) is 5.92 Å². The van der Waals surface area contributed by atoms with Crippen LogP contribution in [0.15, 0.2) is 40.2 Å². The molecular weight excluding hydrogens is 364 g/mol. The molecule has 1 aromatic carbocycles. The van der Waals surface area contributed by atoms with Gasteiger partial charge in [-0.3, -0.25) is 4.99 Å². The molecule has 1 heterocycles. The molecule has 0 bridgehead atoms. The number of guanidine groups is 1. The molecule has 2 N–H and O–H groups in total. The second-order valence-electron chi connectivity index (χ2n) is 7.43. The van der Waals surface area contributed by atoms with Gasteiger partial charge < -0.3 is 15.4 Å². The number of benzene rings is 1. The molecule has 0 aromatic heterocycles. The van der Waals surface area contributed by atoms with E-state index in [1.807, 2.05) is 19.9 Å². The molecule has 8 heteroatoms. The fourth-order valence-electron chi connectivity index (χ4n) is 2.93. The molecule has 0 unspecified atom stereocenters. The third-order valence-electron chi connectivity index (χ3n) is 4.97. The molecule has 1 aromatic rings. The first-order valence-corrected chi connectivity index (χ1v) is 10.8. The lowest BCUT2D eigenvalue weighted by atomic mass is 9.98. The van der Waals surface area contributed by atoms with Crippen molar-refractivity contribution in [3.05, 3.63) is 30.3 Å². The normalized spacial score (nSPS) is 17.7. The molecule has 2 rings (SSSR count). The molecule has 0 spiro atoms. The maximum Gasteiger partial charge on any atom is 0.243 e. The molecule has 7 nitrogen and oxygen atoms in total. The number of ether oxygens (including phenoxy) is 1. The summed E-state index contributed by atoms with van der Waals surface area (Å²) in [5.41, 5.74) is -0.269. The van der Waals surface area contributed by atoms with Gasteiger partial charge in [0.05, 0.1) is 10.5 Å². The van der Waals surface area contributed by atoms with Crippen molar-refractivity contribution in [3.63, 3.8) is 0 Å². The van der Waals surface area contributed by atoms with Crippen molar-refractivity contribution in [1.82, 2.24) is 14.9 Å². The monoisotopic (exact) mass is 396 g/mol. The lowest BCUT2D eigenvalue weighted by molar-refractivity contribution is 0.0268. The van der Waals surface area contributed by atoms with Gasteiger partial charge in [-0.25, -0.2) is 8.42 Å². The maximum atomic E-state index is 12.7. The zero-order valence-electron chi connectivity index (χ0n) is 16.7. The van der Waals surface area contributed by atoms with Gasteiger partial charge in [0.2, 0.25) is 10.0 Å². The van der Waals surface area contributed by atoms with Crippen molar-refractivity contribution in [3.8, 4) is 0 Å². The molecule has 0 radical (unpaired) electrons. The van der Waals surface area contributed by atoms with Gasteiger partial charge in [0.1, 0.15) is 0 Å². The first kappa shape index (κ1) is 21.7. The zero-order chi connectivity index (χ0) is 19.9. The molecule has 0 saturated carbocycles. The predicted octanol–water partition coefficient (Wildman–Crippen LogP) is 1.68. The van der Waals surface area contributed by atoms with E-state index in [0.29, 0.717) is 30.4 Å². The van der Waals surface area contributed by atoms with E-state index < -0.39 is 10.0 Å².